The highest BCUT2D eigenvalue weighted by atomic mass is 19.1. The fraction of sp³-hybridized carbons (Fsp3) is 0.571. The van der Waals surface area contributed by atoms with Gasteiger partial charge in [0.1, 0.15) is 5.82 Å². The summed E-state index contributed by atoms with van der Waals surface area (Å²) in [6.45, 7) is 6.10. The van der Waals surface area contributed by atoms with E-state index in [4.69, 9.17) is 5.84 Å². The summed E-state index contributed by atoms with van der Waals surface area (Å²) in [6, 6.07) is 5.38. The second-order valence-corrected chi connectivity index (χ2v) is 4.62. The molecule has 0 saturated heterocycles. The molecule has 0 spiro atoms. The topological polar surface area (TPSA) is 38.0 Å². The van der Waals surface area contributed by atoms with E-state index in [0.29, 0.717) is 17.0 Å². The Kier molecular flexibility index (Phi) is 5.59. The van der Waals surface area contributed by atoms with E-state index < -0.39 is 0 Å². The maximum Gasteiger partial charge on any atom is 0.130 e. The third-order valence-electron chi connectivity index (χ3n) is 3.52. The van der Waals surface area contributed by atoms with Gasteiger partial charge in [-0.25, -0.2) is 4.39 Å². The summed E-state index contributed by atoms with van der Waals surface area (Å²) < 4.78 is 14.0. The Morgan fingerprint density at radius 1 is 1.29 bits per heavy atom. The molecule has 0 bridgehead atoms. The first kappa shape index (κ1) is 14.1. The lowest BCUT2D eigenvalue weighted by atomic mass is 9.90. The average molecular weight is 238 g/mol. The second kappa shape index (κ2) is 6.72. The standard InChI is InChI=1S/C14H23FN2/c1-4-11(5-2)9-13(17-16)12-8-6-7-10(3)14(12)15/h6-8,11,13,17H,4-5,9,16H2,1-3H3. The van der Waals surface area contributed by atoms with Crippen molar-refractivity contribution in [3.05, 3.63) is 35.1 Å². The zero-order chi connectivity index (χ0) is 12.8. The van der Waals surface area contributed by atoms with Gasteiger partial charge >= 0.3 is 0 Å². The minimum Gasteiger partial charge on any atom is -0.271 e. The minimum atomic E-state index is -0.138. The number of hydrogen-bond donors (Lipinski definition) is 2. The van der Waals surface area contributed by atoms with Crippen LogP contribution >= 0.6 is 0 Å². The van der Waals surface area contributed by atoms with Crippen molar-refractivity contribution in [2.45, 2.75) is 46.1 Å². The van der Waals surface area contributed by atoms with Gasteiger partial charge in [0.15, 0.2) is 0 Å². The van der Waals surface area contributed by atoms with E-state index in [1.165, 1.54) is 0 Å². The Labute approximate surface area is 103 Å². The molecule has 0 aliphatic carbocycles. The van der Waals surface area contributed by atoms with Crippen molar-refractivity contribution in [1.29, 1.82) is 0 Å². The zero-order valence-corrected chi connectivity index (χ0v) is 11.0. The van der Waals surface area contributed by atoms with E-state index in [2.05, 4.69) is 19.3 Å². The van der Waals surface area contributed by atoms with Crippen molar-refractivity contribution < 1.29 is 4.39 Å². The highest BCUT2D eigenvalue weighted by Gasteiger charge is 2.18. The zero-order valence-electron chi connectivity index (χ0n) is 11.0. The van der Waals surface area contributed by atoms with Crippen molar-refractivity contribution in [2.24, 2.45) is 11.8 Å². The van der Waals surface area contributed by atoms with Crippen molar-refractivity contribution in [2.75, 3.05) is 0 Å². The molecule has 0 aliphatic rings. The van der Waals surface area contributed by atoms with Crippen molar-refractivity contribution in [3.63, 3.8) is 0 Å². The molecule has 0 heterocycles. The number of rotatable bonds is 6. The Balaban J connectivity index is 2.89. The number of benzene rings is 1. The summed E-state index contributed by atoms with van der Waals surface area (Å²) in [5, 5.41) is 0. The summed E-state index contributed by atoms with van der Waals surface area (Å²) >= 11 is 0. The quantitative estimate of drug-likeness (QED) is 0.588. The van der Waals surface area contributed by atoms with Crippen LogP contribution in [0.15, 0.2) is 18.2 Å². The van der Waals surface area contributed by atoms with E-state index in [9.17, 15) is 4.39 Å². The van der Waals surface area contributed by atoms with Gasteiger partial charge in [-0.05, 0) is 24.8 Å². The predicted octanol–water partition coefficient (Wildman–Crippen LogP) is 3.46. The van der Waals surface area contributed by atoms with Crippen LogP contribution in [0.4, 0.5) is 4.39 Å². The molecule has 2 nitrogen and oxygen atoms in total. The van der Waals surface area contributed by atoms with Crippen LogP contribution in [0, 0.1) is 18.7 Å². The Bertz CT molecular complexity index is 348. The molecule has 1 atom stereocenters. The molecule has 0 radical (unpaired) electrons. The van der Waals surface area contributed by atoms with Gasteiger partial charge in [0.25, 0.3) is 0 Å². The summed E-state index contributed by atoms with van der Waals surface area (Å²) in [5.74, 6) is 6.01. The van der Waals surface area contributed by atoms with E-state index in [1.807, 2.05) is 12.1 Å². The Morgan fingerprint density at radius 3 is 2.47 bits per heavy atom. The van der Waals surface area contributed by atoms with E-state index in [1.54, 1.807) is 13.0 Å². The first-order valence-corrected chi connectivity index (χ1v) is 6.35. The number of nitrogens with two attached hydrogens (primary N) is 1. The highest BCUT2D eigenvalue weighted by molar-refractivity contribution is 5.27. The van der Waals surface area contributed by atoms with Gasteiger partial charge in [-0.1, -0.05) is 44.9 Å². The van der Waals surface area contributed by atoms with Crippen LogP contribution in [-0.4, -0.2) is 0 Å². The van der Waals surface area contributed by atoms with Crippen LogP contribution in [-0.2, 0) is 0 Å². The van der Waals surface area contributed by atoms with Crippen molar-refractivity contribution in [1.82, 2.24) is 5.43 Å². The highest BCUT2D eigenvalue weighted by Crippen LogP contribution is 2.27. The Morgan fingerprint density at radius 2 is 1.94 bits per heavy atom. The van der Waals surface area contributed by atoms with Gasteiger partial charge in [0.2, 0.25) is 0 Å². The first-order valence-electron chi connectivity index (χ1n) is 6.35. The number of aryl methyl sites for hydroxylation is 1. The predicted molar refractivity (Wildman–Crippen MR) is 69.9 cm³/mol. The molecular formula is C14H23FN2. The summed E-state index contributed by atoms with van der Waals surface area (Å²) in [5.41, 5.74) is 4.10. The molecule has 3 heteroatoms. The fourth-order valence-corrected chi connectivity index (χ4v) is 2.18. The summed E-state index contributed by atoms with van der Waals surface area (Å²) in [6.07, 6.45) is 3.08. The fourth-order valence-electron chi connectivity index (χ4n) is 2.18. The van der Waals surface area contributed by atoms with E-state index in [0.717, 1.165) is 19.3 Å². The monoisotopic (exact) mass is 238 g/mol. The first-order chi connectivity index (χ1) is 8.13. The summed E-state index contributed by atoms with van der Waals surface area (Å²) in [7, 11) is 0. The van der Waals surface area contributed by atoms with Crippen LogP contribution in [0.25, 0.3) is 0 Å². The Hall–Kier alpha value is -0.930. The minimum absolute atomic E-state index is 0.0974. The van der Waals surface area contributed by atoms with Crippen LogP contribution in [0.2, 0.25) is 0 Å². The normalized spacial score (nSPS) is 13.1. The van der Waals surface area contributed by atoms with Crippen LogP contribution < -0.4 is 11.3 Å². The van der Waals surface area contributed by atoms with Crippen molar-refractivity contribution >= 4 is 0 Å². The molecule has 0 aromatic heterocycles. The number of nitrogens with one attached hydrogen (secondary N) is 1. The van der Waals surface area contributed by atoms with Crippen LogP contribution in [0.1, 0.15) is 50.3 Å². The SMILES string of the molecule is CCC(CC)CC(NN)c1cccc(C)c1F. The maximum absolute atomic E-state index is 14.0. The van der Waals surface area contributed by atoms with E-state index >= 15 is 0 Å². The molecule has 1 aromatic rings. The van der Waals surface area contributed by atoms with Gasteiger partial charge in [-0.2, -0.15) is 0 Å². The van der Waals surface area contributed by atoms with Crippen LogP contribution in [0.3, 0.4) is 0 Å². The second-order valence-electron chi connectivity index (χ2n) is 4.62. The molecule has 1 aromatic carbocycles. The molecule has 96 valence electrons. The largest absolute Gasteiger partial charge is 0.271 e. The third kappa shape index (κ3) is 3.51. The number of hydrazine groups is 1. The molecular weight excluding hydrogens is 215 g/mol. The van der Waals surface area contributed by atoms with Crippen molar-refractivity contribution in [3.8, 4) is 0 Å². The molecule has 0 fully saturated rings. The lowest BCUT2D eigenvalue weighted by molar-refractivity contribution is 0.367. The third-order valence-corrected chi connectivity index (χ3v) is 3.52. The molecule has 17 heavy (non-hydrogen) atoms. The number of hydrogen-bond acceptors (Lipinski definition) is 2. The lowest BCUT2D eigenvalue weighted by Gasteiger charge is -2.22. The van der Waals surface area contributed by atoms with E-state index in [-0.39, 0.29) is 11.9 Å². The molecule has 0 amide bonds. The molecule has 1 unspecified atom stereocenters. The molecule has 1 rings (SSSR count). The van der Waals surface area contributed by atoms with Crippen LogP contribution in [0.5, 0.6) is 0 Å². The molecule has 0 saturated carbocycles. The summed E-state index contributed by atoms with van der Waals surface area (Å²) in [4.78, 5) is 0. The van der Waals surface area contributed by atoms with Gasteiger partial charge in [0, 0.05) is 11.6 Å². The maximum atomic E-state index is 14.0. The van der Waals surface area contributed by atoms with Gasteiger partial charge in [-0.3, -0.25) is 11.3 Å². The average Bonchev–Trinajstić information content (AvgIpc) is 2.35. The van der Waals surface area contributed by atoms with Gasteiger partial charge < -0.3 is 0 Å². The smallest absolute Gasteiger partial charge is 0.130 e. The van der Waals surface area contributed by atoms with Gasteiger partial charge in [0.05, 0.1) is 0 Å². The molecule has 3 N–H and O–H groups in total. The number of halogens is 1. The lowest BCUT2D eigenvalue weighted by Crippen LogP contribution is -2.30. The molecule has 0 aliphatic heterocycles. The van der Waals surface area contributed by atoms with Gasteiger partial charge in [-0.15, -0.1) is 0 Å².